The number of rotatable bonds is 7. The van der Waals surface area contributed by atoms with E-state index in [-0.39, 0.29) is 46.7 Å². The van der Waals surface area contributed by atoms with Gasteiger partial charge in [0.05, 0.1) is 17.1 Å². The van der Waals surface area contributed by atoms with Gasteiger partial charge in [0.25, 0.3) is 10.0 Å². The van der Waals surface area contributed by atoms with Gasteiger partial charge in [0.15, 0.2) is 0 Å². The molecule has 4 aromatic rings. The Morgan fingerprint density at radius 1 is 1.11 bits per heavy atom. The van der Waals surface area contributed by atoms with Gasteiger partial charge >= 0.3 is 5.76 Å². The Morgan fingerprint density at radius 3 is 2.66 bits per heavy atom. The van der Waals surface area contributed by atoms with Gasteiger partial charge in [-0.25, -0.2) is 27.1 Å². The Balaban J connectivity index is 1.57. The summed E-state index contributed by atoms with van der Waals surface area (Å²) in [6, 6.07) is 14.4. The predicted octanol–water partition coefficient (Wildman–Crippen LogP) is 5.02. The number of ether oxygens (including phenoxy) is 1. The maximum absolute atomic E-state index is 14.6. The molecule has 8 nitrogen and oxygen atoms in total. The molecule has 1 N–H and O–H groups in total. The first kappa shape index (κ1) is 25.7. The molecule has 198 valence electrons. The van der Waals surface area contributed by atoms with Crippen LogP contribution in [0.1, 0.15) is 37.6 Å². The lowest BCUT2D eigenvalue weighted by Crippen LogP contribution is -2.43. The van der Waals surface area contributed by atoms with E-state index in [9.17, 15) is 22.0 Å². The van der Waals surface area contributed by atoms with Crippen LogP contribution in [0.25, 0.3) is 11.1 Å². The van der Waals surface area contributed by atoms with Crippen molar-refractivity contribution in [3.8, 4) is 16.9 Å². The molecule has 0 saturated carbocycles. The molecule has 1 aliphatic rings. The number of H-pyrrole nitrogens is 1. The SMILES string of the molecule is CC(C)c1cccc(S(=O)(=O)N2C[C@H](CCc3n[nH]c(=O)o3)Oc3ccc(-c4cc(F)ccc4F)cc32)c1. The van der Waals surface area contributed by atoms with Gasteiger partial charge in [-0.3, -0.25) is 4.31 Å². The number of nitrogens with one attached hydrogen (secondary N) is 1. The van der Waals surface area contributed by atoms with Crippen LogP contribution in [-0.2, 0) is 16.4 Å². The number of aromatic nitrogens is 2. The maximum atomic E-state index is 14.6. The summed E-state index contributed by atoms with van der Waals surface area (Å²) in [6.07, 6.45) is -0.0440. The third-order valence-corrected chi connectivity index (χ3v) is 8.18. The van der Waals surface area contributed by atoms with Crippen LogP contribution >= 0.6 is 0 Å². The van der Waals surface area contributed by atoms with E-state index in [1.165, 1.54) is 16.4 Å². The predicted molar refractivity (Wildman–Crippen MR) is 137 cm³/mol. The third kappa shape index (κ3) is 5.06. The number of fused-ring (bicyclic) bond motifs is 1. The van der Waals surface area contributed by atoms with Crippen LogP contribution in [0.2, 0.25) is 0 Å². The van der Waals surface area contributed by atoms with Crippen LogP contribution in [0.3, 0.4) is 0 Å². The number of halogens is 2. The Hall–Kier alpha value is -3.99. The summed E-state index contributed by atoms with van der Waals surface area (Å²) in [6.45, 7) is 3.89. The molecular formula is C27H25F2N3O5S. The average molecular weight is 542 g/mol. The topological polar surface area (TPSA) is 106 Å². The van der Waals surface area contributed by atoms with E-state index in [1.807, 2.05) is 19.9 Å². The van der Waals surface area contributed by atoms with E-state index < -0.39 is 33.5 Å². The maximum Gasteiger partial charge on any atom is 0.434 e. The fraction of sp³-hybridized carbons (Fsp3) is 0.259. The lowest BCUT2D eigenvalue weighted by molar-refractivity contribution is 0.187. The van der Waals surface area contributed by atoms with Crippen molar-refractivity contribution < 1.29 is 26.4 Å². The van der Waals surface area contributed by atoms with Crippen molar-refractivity contribution in [1.29, 1.82) is 0 Å². The highest BCUT2D eigenvalue weighted by molar-refractivity contribution is 7.92. The van der Waals surface area contributed by atoms with Crippen molar-refractivity contribution in [2.75, 3.05) is 10.8 Å². The van der Waals surface area contributed by atoms with Crippen LogP contribution in [0.5, 0.6) is 5.75 Å². The number of anilines is 1. The van der Waals surface area contributed by atoms with Crippen molar-refractivity contribution in [3.05, 3.63) is 94.3 Å². The summed E-state index contributed by atoms with van der Waals surface area (Å²) in [5.41, 5.74) is 1.38. The van der Waals surface area contributed by atoms with Crippen molar-refractivity contribution in [1.82, 2.24) is 10.2 Å². The lowest BCUT2D eigenvalue weighted by atomic mass is 10.0. The molecule has 0 bridgehead atoms. The molecule has 0 saturated heterocycles. The molecule has 3 aromatic carbocycles. The highest BCUT2D eigenvalue weighted by atomic mass is 32.2. The van der Waals surface area contributed by atoms with Gasteiger partial charge < -0.3 is 9.15 Å². The molecule has 0 aliphatic carbocycles. The molecule has 2 heterocycles. The first-order valence-electron chi connectivity index (χ1n) is 12.0. The summed E-state index contributed by atoms with van der Waals surface area (Å²) >= 11 is 0. The standard InChI is InChI=1S/C27H25F2N3O5S/c1-16(2)17-4-3-5-21(12-17)38(34,35)32-15-20(8-11-26-30-31-27(33)37-26)36-25-10-6-18(13-24(25)32)22-14-19(28)7-9-23(22)29/h3-7,9-10,12-14,16,20H,8,11,15H2,1-2H3,(H,31,33)/t20-/m0/s1. The smallest absolute Gasteiger partial charge is 0.434 e. The number of sulfonamides is 1. The monoisotopic (exact) mass is 541 g/mol. The van der Waals surface area contributed by atoms with Gasteiger partial charge in [-0.05, 0) is 65.9 Å². The number of aromatic amines is 1. The Labute approximate surface area is 217 Å². The summed E-state index contributed by atoms with van der Waals surface area (Å²) in [7, 11) is -4.07. The fourth-order valence-corrected chi connectivity index (χ4v) is 5.94. The second-order valence-corrected chi connectivity index (χ2v) is 11.2. The van der Waals surface area contributed by atoms with Gasteiger partial charge in [0.1, 0.15) is 23.5 Å². The summed E-state index contributed by atoms with van der Waals surface area (Å²) in [5.74, 6) is -1.37. The molecule has 0 spiro atoms. The van der Waals surface area contributed by atoms with Crippen molar-refractivity contribution >= 4 is 15.7 Å². The Bertz CT molecular complexity index is 1650. The van der Waals surface area contributed by atoms with Gasteiger partial charge in [0, 0.05) is 12.0 Å². The van der Waals surface area contributed by atoms with E-state index in [0.29, 0.717) is 12.0 Å². The molecule has 38 heavy (non-hydrogen) atoms. The van der Waals surface area contributed by atoms with Gasteiger partial charge in [-0.1, -0.05) is 32.0 Å². The zero-order valence-corrected chi connectivity index (χ0v) is 21.5. The molecule has 11 heteroatoms. The van der Waals surface area contributed by atoms with Crippen LogP contribution in [-0.4, -0.2) is 31.3 Å². The van der Waals surface area contributed by atoms with E-state index in [0.717, 1.165) is 23.8 Å². The van der Waals surface area contributed by atoms with Gasteiger partial charge in [-0.15, -0.1) is 5.10 Å². The molecule has 0 amide bonds. The van der Waals surface area contributed by atoms with Crippen LogP contribution < -0.4 is 14.8 Å². The van der Waals surface area contributed by atoms with Crippen LogP contribution in [0, 0.1) is 11.6 Å². The van der Waals surface area contributed by atoms with E-state index in [2.05, 4.69) is 10.2 Å². The summed E-state index contributed by atoms with van der Waals surface area (Å²) < 4.78 is 68.7. The molecule has 0 unspecified atom stereocenters. The minimum atomic E-state index is -4.07. The highest BCUT2D eigenvalue weighted by Gasteiger charge is 2.35. The van der Waals surface area contributed by atoms with Gasteiger partial charge in [0.2, 0.25) is 5.89 Å². The quantitative estimate of drug-likeness (QED) is 0.352. The normalized spacial score (nSPS) is 15.4. The zero-order chi connectivity index (χ0) is 27.0. The van der Waals surface area contributed by atoms with Crippen molar-refractivity contribution in [3.63, 3.8) is 0 Å². The van der Waals surface area contributed by atoms with E-state index >= 15 is 0 Å². The first-order chi connectivity index (χ1) is 18.1. The minimum absolute atomic E-state index is 0.00244. The number of nitrogens with zero attached hydrogens (tertiary/aromatic N) is 2. The summed E-state index contributed by atoms with van der Waals surface area (Å²) in [4.78, 5) is 11.4. The van der Waals surface area contributed by atoms with Crippen LogP contribution in [0.15, 0.2) is 74.8 Å². The average Bonchev–Trinajstić information content (AvgIpc) is 3.33. The molecule has 0 fully saturated rings. The lowest BCUT2D eigenvalue weighted by Gasteiger charge is -2.36. The molecule has 1 aliphatic heterocycles. The number of aryl methyl sites for hydroxylation is 1. The zero-order valence-electron chi connectivity index (χ0n) is 20.6. The van der Waals surface area contributed by atoms with Gasteiger partial charge in [-0.2, -0.15) is 0 Å². The fourth-order valence-electron chi connectivity index (χ4n) is 4.39. The number of benzene rings is 3. The van der Waals surface area contributed by atoms with E-state index in [1.54, 1.807) is 24.3 Å². The Morgan fingerprint density at radius 2 is 1.92 bits per heavy atom. The molecule has 0 radical (unpaired) electrons. The van der Waals surface area contributed by atoms with Crippen LogP contribution in [0.4, 0.5) is 14.5 Å². The summed E-state index contributed by atoms with van der Waals surface area (Å²) in [5, 5.41) is 5.98. The highest BCUT2D eigenvalue weighted by Crippen LogP contribution is 2.41. The second-order valence-electron chi connectivity index (χ2n) is 9.36. The molecule has 1 aromatic heterocycles. The largest absolute Gasteiger partial charge is 0.486 e. The molecule has 1 atom stereocenters. The minimum Gasteiger partial charge on any atom is -0.486 e. The first-order valence-corrected chi connectivity index (χ1v) is 13.5. The molecular weight excluding hydrogens is 516 g/mol. The number of hydrogen-bond acceptors (Lipinski definition) is 6. The van der Waals surface area contributed by atoms with E-state index in [4.69, 9.17) is 9.15 Å². The van der Waals surface area contributed by atoms with Crippen molar-refractivity contribution in [2.24, 2.45) is 0 Å². The third-order valence-electron chi connectivity index (χ3n) is 6.41. The van der Waals surface area contributed by atoms with Crippen molar-refractivity contribution in [2.45, 2.75) is 43.6 Å². The number of hydrogen-bond donors (Lipinski definition) is 1. The second kappa shape index (κ2) is 10.1. The molecule has 5 rings (SSSR count). The Kier molecular flexibility index (Phi) is 6.78.